The SMILES string of the molecule is CCc1ccc(Cn2c(C(C)Cl)nc3cc(F)ccc32)s1. The Morgan fingerprint density at radius 2 is 2.05 bits per heavy atom. The van der Waals surface area contributed by atoms with Gasteiger partial charge in [-0.05, 0) is 37.6 Å². The van der Waals surface area contributed by atoms with Crippen molar-refractivity contribution in [2.45, 2.75) is 32.2 Å². The smallest absolute Gasteiger partial charge is 0.128 e. The van der Waals surface area contributed by atoms with Crippen molar-refractivity contribution >= 4 is 34.0 Å². The van der Waals surface area contributed by atoms with Gasteiger partial charge in [0.2, 0.25) is 0 Å². The molecule has 0 spiro atoms. The molecular weight excluding hydrogens is 307 g/mol. The molecule has 0 aliphatic carbocycles. The first-order chi connectivity index (χ1) is 10.1. The summed E-state index contributed by atoms with van der Waals surface area (Å²) in [6.45, 7) is 4.76. The molecule has 1 aromatic carbocycles. The second-order valence-electron chi connectivity index (χ2n) is 5.03. The number of imidazole rings is 1. The van der Waals surface area contributed by atoms with Gasteiger partial charge in [0, 0.05) is 15.8 Å². The summed E-state index contributed by atoms with van der Waals surface area (Å²) < 4.78 is 15.5. The molecule has 0 aliphatic rings. The number of hydrogen-bond acceptors (Lipinski definition) is 2. The molecule has 0 saturated heterocycles. The summed E-state index contributed by atoms with van der Waals surface area (Å²) in [7, 11) is 0. The molecule has 0 saturated carbocycles. The number of halogens is 2. The second-order valence-corrected chi connectivity index (χ2v) is 6.93. The predicted octanol–water partition coefficient (Wildman–Crippen LogP) is 5.15. The summed E-state index contributed by atoms with van der Waals surface area (Å²) in [5, 5.41) is -0.217. The lowest BCUT2D eigenvalue weighted by molar-refractivity contribution is 0.629. The zero-order valence-electron chi connectivity index (χ0n) is 11.9. The van der Waals surface area contributed by atoms with Crippen LogP contribution in [0, 0.1) is 5.82 Å². The van der Waals surface area contributed by atoms with Crippen molar-refractivity contribution in [1.82, 2.24) is 9.55 Å². The monoisotopic (exact) mass is 322 g/mol. The van der Waals surface area contributed by atoms with Gasteiger partial charge >= 0.3 is 0 Å². The van der Waals surface area contributed by atoms with Crippen molar-refractivity contribution in [3.05, 3.63) is 51.7 Å². The van der Waals surface area contributed by atoms with E-state index < -0.39 is 0 Å². The molecule has 5 heteroatoms. The molecule has 3 aromatic rings. The number of aromatic nitrogens is 2. The molecule has 0 aliphatic heterocycles. The van der Waals surface area contributed by atoms with Gasteiger partial charge in [-0.2, -0.15) is 0 Å². The highest BCUT2D eigenvalue weighted by Crippen LogP contribution is 2.27. The van der Waals surface area contributed by atoms with Crippen LogP contribution in [0.3, 0.4) is 0 Å². The van der Waals surface area contributed by atoms with Gasteiger partial charge in [0.25, 0.3) is 0 Å². The summed E-state index contributed by atoms with van der Waals surface area (Å²) in [5.74, 6) is 0.508. The minimum absolute atomic E-state index is 0.217. The van der Waals surface area contributed by atoms with Crippen molar-refractivity contribution < 1.29 is 4.39 Å². The van der Waals surface area contributed by atoms with Gasteiger partial charge in [-0.25, -0.2) is 9.37 Å². The Hall–Kier alpha value is -1.39. The number of fused-ring (bicyclic) bond motifs is 1. The zero-order chi connectivity index (χ0) is 15.0. The Morgan fingerprint density at radius 1 is 1.29 bits per heavy atom. The van der Waals surface area contributed by atoms with Crippen LogP contribution >= 0.6 is 22.9 Å². The molecule has 3 rings (SSSR count). The molecule has 0 amide bonds. The highest BCUT2D eigenvalue weighted by Gasteiger charge is 2.16. The van der Waals surface area contributed by atoms with Gasteiger partial charge < -0.3 is 4.57 Å². The fourth-order valence-electron chi connectivity index (χ4n) is 2.44. The Balaban J connectivity index is 2.08. The Bertz CT molecular complexity index is 776. The van der Waals surface area contributed by atoms with Crippen LogP contribution < -0.4 is 0 Å². The van der Waals surface area contributed by atoms with Crippen molar-refractivity contribution in [2.24, 2.45) is 0 Å². The van der Waals surface area contributed by atoms with E-state index >= 15 is 0 Å². The van der Waals surface area contributed by atoms with Crippen molar-refractivity contribution in [2.75, 3.05) is 0 Å². The number of alkyl halides is 1. The molecule has 0 N–H and O–H groups in total. The first-order valence-electron chi connectivity index (χ1n) is 6.96. The van der Waals surface area contributed by atoms with E-state index in [0.29, 0.717) is 5.52 Å². The highest BCUT2D eigenvalue weighted by atomic mass is 35.5. The van der Waals surface area contributed by atoms with Crippen molar-refractivity contribution in [1.29, 1.82) is 0 Å². The molecule has 2 heterocycles. The van der Waals surface area contributed by atoms with Gasteiger partial charge in [-0.1, -0.05) is 6.92 Å². The standard InChI is InChI=1S/C16H16ClFN2S/c1-3-12-5-6-13(21-12)9-20-15-7-4-11(18)8-14(15)19-16(20)10(2)17/h4-8,10H,3,9H2,1-2H3. The van der Waals surface area contributed by atoms with E-state index in [1.165, 1.54) is 21.9 Å². The van der Waals surface area contributed by atoms with Crippen molar-refractivity contribution in [3.63, 3.8) is 0 Å². The number of thiophene rings is 1. The lowest BCUT2D eigenvalue weighted by atomic mass is 10.3. The molecule has 1 unspecified atom stereocenters. The average molecular weight is 323 g/mol. The molecule has 2 aromatic heterocycles. The molecular formula is C16H16ClFN2S. The topological polar surface area (TPSA) is 17.8 Å². The lowest BCUT2D eigenvalue weighted by Crippen LogP contribution is -2.04. The van der Waals surface area contributed by atoms with E-state index in [9.17, 15) is 4.39 Å². The summed E-state index contributed by atoms with van der Waals surface area (Å²) in [5.41, 5.74) is 1.58. The average Bonchev–Trinajstić information content (AvgIpc) is 3.04. The van der Waals surface area contributed by atoms with Gasteiger partial charge in [-0.3, -0.25) is 0 Å². The fourth-order valence-corrected chi connectivity index (χ4v) is 3.56. The van der Waals surface area contributed by atoms with Gasteiger partial charge in [0.1, 0.15) is 11.6 Å². The Morgan fingerprint density at radius 3 is 2.71 bits per heavy atom. The lowest BCUT2D eigenvalue weighted by Gasteiger charge is -2.09. The largest absolute Gasteiger partial charge is 0.321 e. The third-order valence-corrected chi connectivity index (χ3v) is 4.88. The summed E-state index contributed by atoms with van der Waals surface area (Å²) in [6.07, 6.45) is 1.04. The third kappa shape index (κ3) is 2.83. The van der Waals surface area contributed by atoms with Crippen LogP contribution in [0.15, 0.2) is 30.3 Å². The molecule has 110 valence electrons. The maximum absolute atomic E-state index is 13.4. The number of benzene rings is 1. The number of aryl methyl sites for hydroxylation is 1. The van der Waals surface area contributed by atoms with Crippen LogP contribution in [0.25, 0.3) is 11.0 Å². The fraction of sp³-hybridized carbons (Fsp3) is 0.312. The number of nitrogens with zero attached hydrogens (tertiary/aromatic N) is 2. The summed E-state index contributed by atoms with van der Waals surface area (Å²) in [6, 6.07) is 8.99. The van der Waals surface area contributed by atoms with E-state index in [1.807, 2.05) is 6.92 Å². The van der Waals surface area contributed by atoms with E-state index in [2.05, 4.69) is 28.6 Å². The molecule has 0 bridgehead atoms. The second kappa shape index (κ2) is 5.78. The van der Waals surface area contributed by atoms with Crippen LogP contribution in [-0.4, -0.2) is 9.55 Å². The first-order valence-corrected chi connectivity index (χ1v) is 8.21. The minimum atomic E-state index is -0.273. The third-order valence-electron chi connectivity index (χ3n) is 3.48. The summed E-state index contributed by atoms with van der Waals surface area (Å²) >= 11 is 8.04. The van der Waals surface area contributed by atoms with Crippen molar-refractivity contribution in [3.8, 4) is 0 Å². The van der Waals surface area contributed by atoms with E-state index in [1.54, 1.807) is 17.4 Å². The number of hydrogen-bond donors (Lipinski definition) is 0. The molecule has 2 nitrogen and oxygen atoms in total. The predicted molar refractivity (Wildman–Crippen MR) is 86.8 cm³/mol. The van der Waals surface area contributed by atoms with Crippen LogP contribution in [0.4, 0.5) is 4.39 Å². The van der Waals surface area contributed by atoms with E-state index in [-0.39, 0.29) is 11.2 Å². The molecule has 0 radical (unpaired) electrons. The number of rotatable bonds is 4. The highest BCUT2D eigenvalue weighted by molar-refractivity contribution is 7.11. The maximum Gasteiger partial charge on any atom is 0.128 e. The maximum atomic E-state index is 13.4. The first kappa shape index (κ1) is 14.5. The summed E-state index contributed by atoms with van der Waals surface area (Å²) in [4.78, 5) is 7.11. The zero-order valence-corrected chi connectivity index (χ0v) is 13.5. The molecule has 1 atom stereocenters. The van der Waals surface area contributed by atoms with Gasteiger partial charge in [0.15, 0.2) is 0 Å². The minimum Gasteiger partial charge on any atom is -0.321 e. The Labute approximate surface area is 132 Å². The molecule has 0 fully saturated rings. The van der Waals surface area contributed by atoms with E-state index in [4.69, 9.17) is 11.6 Å². The van der Waals surface area contributed by atoms with E-state index in [0.717, 1.165) is 24.3 Å². The van der Waals surface area contributed by atoms with Crippen LogP contribution in [0.2, 0.25) is 0 Å². The van der Waals surface area contributed by atoms with Gasteiger partial charge in [-0.15, -0.1) is 22.9 Å². The molecule has 21 heavy (non-hydrogen) atoms. The van der Waals surface area contributed by atoms with Gasteiger partial charge in [0.05, 0.1) is 23.0 Å². The Kier molecular flexibility index (Phi) is 4.00. The van der Waals surface area contributed by atoms with Crippen LogP contribution in [0.1, 0.15) is 34.8 Å². The van der Waals surface area contributed by atoms with Crippen LogP contribution in [0.5, 0.6) is 0 Å². The van der Waals surface area contributed by atoms with Crippen LogP contribution in [-0.2, 0) is 13.0 Å². The quantitative estimate of drug-likeness (QED) is 0.607. The normalized spacial score (nSPS) is 13.0.